The summed E-state index contributed by atoms with van der Waals surface area (Å²) in [4.78, 5) is 41.8. The predicted octanol–water partition coefficient (Wildman–Crippen LogP) is 2.66. The van der Waals surface area contributed by atoms with E-state index in [9.17, 15) is 27.6 Å². The molecule has 0 aliphatic carbocycles. The highest BCUT2D eigenvalue weighted by molar-refractivity contribution is 9.10. The molecule has 0 saturated carbocycles. The van der Waals surface area contributed by atoms with Crippen molar-refractivity contribution < 1.29 is 18.0 Å². The number of pyridine rings is 1. The van der Waals surface area contributed by atoms with Gasteiger partial charge in [0.25, 0.3) is 11.5 Å². The standard InChI is InChI=1S/C16H10BrF3N4O3/c1-24-12-9(14(26)23-15(24)27)4-7(6-21-12)13(25)22-8-2-3-11(17)10(5-8)16(18,19)20/h2-6H,1H3,(H,22,25)(H,23,26,27). The molecule has 0 aliphatic rings. The molecule has 2 N–H and O–H groups in total. The highest BCUT2D eigenvalue weighted by Gasteiger charge is 2.33. The number of aromatic amines is 1. The molecule has 0 atom stereocenters. The average molecular weight is 443 g/mol. The van der Waals surface area contributed by atoms with Crippen molar-refractivity contribution in [3.8, 4) is 0 Å². The lowest BCUT2D eigenvalue weighted by Crippen LogP contribution is -2.29. The number of nitrogens with zero attached hydrogens (tertiary/aromatic N) is 2. The molecular weight excluding hydrogens is 433 g/mol. The van der Waals surface area contributed by atoms with Gasteiger partial charge in [0, 0.05) is 23.4 Å². The van der Waals surface area contributed by atoms with Crippen molar-refractivity contribution in [1.82, 2.24) is 14.5 Å². The molecule has 0 radical (unpaired) electrons. The lowest BCUT2D eigenvalue weighted by molar-refractivity contribution is -0.138. The maximum absolute atomic E-state index is 13.0. The number of H-pyrrole nitrogens is 1. The van der Waals surface area contributed by atoms with Crippen molar-refractivity contribution in [1.29, 1.82) is 0 Å². The number of benzene rings is 1. The Morgan fingerprint density at radius 2 is 1.96 bits per heavy atom. The van der Waals surface area contributed by atoms with Gasteiger partial charge < -0.3 is 5.32 Å². The van der Waals surface area contributed by atoms with Crippen molar-refractivity contribution >= 4 is 38.6 Å². The van der Waals surface area contributed by atoms with E-state index in [2.05, 4.69) is 31.2 Å². The molecule has 3 aromatic rings. The van der Waals surface area contributed by atoms with Gasteiger partial charge in [0.05, 0.1) is 16.5 Å². The van der Waals surface area contributed by atoms with Crippen LogP contribution < -0.4 is 16.6 Å². The maximum Gasteiger partial charge on any atom is 0.417 e. The molecule has 3 rings (SSSR count). The third-order valence-electron chi connectivity index (χ3n) is 3.75. The molecule has 7 nitrogen and oxygen atoms in total. The molecular formula is C16H10BrF3N4O3. The second-order valence-electron chi connectivity index (χ2n) is 5.56. The summed E-state index contributed by atoms with van der Waals surface area (Å²) < 4.78 is 39.8. The highest BCUT2D eigenvalue weighted by atomic mass is 79.9. The molecule has 11 heteroatoms. The second-order valence-corrected chi connectivity index (χ2v) is 6.41. The predicted molar refractivity (Wildman–Crippen MR) is 94.7 cm³/mol. The monoisotopic (exact) mass is 442 g/mol. The van der Waals surface area contributed by atoms with Crippen LogP contribution in [-0.4, -0.2) is 20.4 Å². The lowest BCUT2D eigenvalue weighted by Gasteiger charge is -2.12. The number of anilines is 1. The highest BCUT2D eigenvalue weighted by Crippen LogP contribution is 2.36. The van der Waals surface area contributed by atoms with Gasteiger partial charge >= 0.3 is 11.9 Å². The van der Waals surface area contributed by atoms with Gasteiger partial charge in [-0.1, -0.05) is 15.9 Å². The average Bonchev–Trinajstić information content (AvgIpc) is 2.60. The molecule has 0 saturated heterocycles. The van der Waals surface area contributed by atoms with E-state index in [0.717, 1.165) is 22.9 Å². The van der Waals surface area contributed by atoms with Gasteiger partial charge in [0.2, 0.25) is 0 Å². The zero-order valence-electron chi connectivity index (χ0n) is 13.5. The summed E-state index contributed by atoms with van der Waals surface area (Å²) in [6.07, 6.45) is -3.47. The first kappa shape index (κ1) is 18.8. The maximum atomic E-state index is 13.0. The van der Waals surface area contributed by atoms with E-state index < -0.39 is 28.9 Å². The van der Waals surface area contributed by atoms with Crippen LogP contribution in [0.15, 0.2) is 44.5 Å². The van der Waals surface area contributed by atoms with Crippen LogP contribution in [0.3, 0.4) is 0 Å². The molecule has 0 fully saturated rings. The van der Waals surface area contributed by atoms with Crippen LogP contribution in [0, 0.1) is 0 Å². The SMILES string of the molecule is Cn1c(=O)[nH]c(=O)c2cc(C(=O)Nc3ccc(Br)c(C(F)(F)F)c3)cnc21. The van der Waals surface area contributed by atoms with Crippen LogP contribution in [0.5, 0.6) is 0 Å². The summed E-state index contributed by atoms with van der Waals surface area (Å²) in [6, 6.07) is 4.45. The Labute approximate surface area is 157 Å². The van der Waals surface area contributed by atoms with E-state index in [1.54, 1.807) is 0 Å². The number of hydrogen-bond donors (Lipinski definition) is 2. The first-order valence-electron chi connectivity index (χ1n) is 7.35. The minimum Gasteiger partial charge on any atom is -0.322 e. The quantitative estimate of drug-likeness (QED) is 0.637. The van der Waals surface area contributed by atoms with E-state index in [1.807, 2.05) is 0 Å². The van der Waals surface area contributed by atoms with Crippen LogP contribution in [0.25, 0.3) is 11.0 Å². The van der Waals surface area contributed by atoms with Crippen molar-refractivity contribution in [2.45, 2.75) is 6.18 Å². The Hall–Kier alpha value is -2.95. The van der Waals surface area contributed by atoms with Crippen LogP contribution in [0.2, 0.25) is 0 Å². The van der Waals surface area contributed by atoms with Crippen molar-refractivity contribution in [2.24, 2.45) is 7.05 Å². The van der Waals surface area contributed by atoms with Gasteiger partial charge in [-0.2, -0.15) is 13.2 Å². The molecule has 0 unspecified atom stereocenters. The van der Waals surface area contributed by atoms with Crippen molar-refractivity contribution in [2.75, 3.05) is 5.32 Å². The fraction of sp³-hybridized carbons (Fsp3) is 0.125. The van der Waals surface area contributed by atoms with Gasteiger partial charge in [-0.05, 0) is 24.3 Å². The van der Waals surface area contributed by atoms with E-state index in [4.69, 9.17) is 0 Å². The zero-order valence-corrected chi connectivity index (χ0v) is 15.1. The number of rotatable bonds is 2. The number of aromatic nitrogens is 3. The zero-order chi connectivity index (χ0) is 19.9. The number of amides is 1. The summed E-state index contributed by atoms with van der Waals surface area (Å²) in [5, 5.41) is 2.32. The number of carbonyl (C=O) groups is 1. The minimum absolute atomic E-state index is 0.00321. The Morgan fingerprint density at radius 3 is 2.63 bits per heavy atom. The van der Waals surface area contributed by atoms with E-state index in [1.165, 1.54) is 19.2 Å². The minimum atomic E-state index is -4.60. The third kappa shape index (κ3) is 3.63. The largest absolute Gasteiger partial charge is 0.417 e. The first-order chi connectivity index (χ1) is 12.6. The normalized spacial score (nSPS) is 11.6. The van der Waals surface area contributed by atoms with Gasteiger partial charge in [0.1, 0.15) is 5.65 Å². The molecule has 2 aromatic heterocycles. The van der Waals surface area contributed by atoms with E-state index in [-0.39, 0.29) is 26.8 Å². The van der Waals surface area contributed by atoms with Crippen molar-refractivity contribution in [3.63, 3.8) is 0 Å². The third-order valence-corrected chi connectivity index (χ3v) is 4.44. The Kier molecular flexibility index (Phi) is 4.64. The number of halogens is 4. The van der Waals surface area contributed by atoms with Gasteiger partial charge in [-0.3, -0.25) is 19.1 Å². The summed E-state index contributed by atoms with van der Waals surface area (Å²) >= 11 is 2.82. The lowest BCUT2D eigenvalue weighted by atomic mass is 10.1. The van der Waals surface area contributed by atoms with Gasteiger partial charge in [-0.15, -0.1) is 0 Å². The molecule has 0 aliphatic heterocycles. The van der Waals surface area contributed by atoms with E-state index >= 15 is 0 Å². The number of carbonyl (C=O) groups excluding carboxylic acids is 1. The molecule has 0 spiro atoms. The first-order valence-corrected chi connectivity index (χ1v) is 8.14. The van der Waals surface area contributed by atoms with Crippen LogP contribution in [0.4, 0.5) is 18.9 Å². The van der Waals surface area contributed by atoms with E-state index in [0.29, 0.717) is 0 Å². The summed E-state index contributed by atoms with van der Waals surface area (Å²) in [5.74, 6) is -0.756. The topological polar surface area (TPSA) is 96.9 Å². The molecule has 0 bridgehead atoms. The van der Waals surface area contributed by atoms with Crippen LogP contribution >= 0.6 is 15.9 Å². The second kappa shape index (κ2) is 6.65. The summed E-state index contributed by atoms with van der Waals surface area (Å²) in [5.41, 5.74) is -2.38. The number of alkyl halides is 3. The fourth-order valence-corrected chi connectivity index (χ4v) is 2.86. The summed E-state index contributed by atoms with van der Waals surface area (Å²) in [6.45, 7) is 0. The van der Waals surface area contributed by atoms with Crippen LogP contribution in [0.1, 0.15) is 15.9 Å². The Morgan fingerprint density at radius 1 is 1.26 bits per heavy atom. The molecule has 140 valence electrons. The van der Waals surface area contributed by atoms with Crippen LogP contribution in [-0.2, 0) is 13.2 Å². The molecule has 27 heavy (non-hydrogen) atoms. The van der Waals surface area contributed by atoms with Gasteiger partial charge in [0.15, 0.2) is 0 Å². The molecule has 1 aromatic carbocycles. The number of fused-ring (bicyclic) bond motifs is 1. The molecule has 2 heterocycles. The van der Waals surface area contributed by atoms with Gasteiger partial charge in [-0.25, -0.2) is 9.78 Å². The Bertz CT molecular complexity index is 1180. The number of hydrogen-bond acceptors (Lipinski definition) is 4. The number of aryl methyl sites for hydroxylation is 1. The summed E-state index contributed by atoms with van der Waals surface area (Å²) in [7, 11) is 1.40. The molecule has 1 amide bonds. The fourth-order valence-electron chi connectivity index (χ4n) is 2.38. The smallest absolute Gasteiger partial charge is 0.322 e. The Balaban J connectivity index is 1.98. The van der Waals surface area contributed by atoms with Crippen molar-refractivity contribution in [3.05, 3.63) is 66.9 Å². The number of nitrogens with one attached hydrogen (secondary N) is 2.